The van der Waals surface area contributed by atoms with Gasteiger partial charge in [0, 0.05) is 38.3 Å². The summed E-state index contributed by atoms with van der Waals surface area (Å²) in [6.45, 7) is 8.70. The third-order valence-corrected chi connectivity index (χ3v) is 3.48. The Hall–Kier alpha value is -1.82. The first-order chi connectivity index (χ1) is 10.1. The number of hydrogen-bond acceptors (Lipinski definition) is 4. The van der Waals surface area contributed by atoms with Gasteiger partial charge in [0.2, 0.25) is 5.95 Å². The monoisotopic (exact) mass is 291 g/mol. The molecule has 21 heavy (non-hydrogen) atoms. The maximum Gasteiger partial charge on any atom is 0.203 e. The number of nitrogens with one attached hydrogen (secondary N) is 1. The minimum atomic E-state index is 0.274. The van der Waals surface area contributed by atoms with Gasteiger partial charge in [0.25, 0.3) is 0 Å². The zero-order valence-corrected chi connectivity index (χ0v) is 13.3. The largest absolute Gasteiger partial charge is 0.383 e. The summed E-state index contributed by atoms with van der Waals surface area (Å²) in [6.07, 6.45) is 4.80. The van der Waals surface area contributed by atoms with Gasteiger partial charge in [0.1, 0.15) is 0 Å². The lowest BCUT2D eigenvalue weighted by Gasteiger charge is -2.16. The van der Waals surface area contributed by atoms with Crippen molar-refractivity contribution in [2.24, 2.45) is 0 Å². The maximum absolute atomic E-state index is 5.19. The molecular formula is C15H25N5O. The lowest BCUT2D eigenvalue weighted by Crippen LogP contribution is -2.16. The van der Waals surface area contributed by atoms with Crippen LogP contribution in [-0.2, 0) is 11.3 Å². The molecule has 0 aliphatic rings. The number of hydrogen-bond donors (Lipinski definition) is 1. The standard InChI is InChI=1S/C15H25N5O/c1-12-10-13(2)20(18-12)8-5-6-16-15-17-7-9-19(15)14(3)11-21-4/h7,9-10,14H,5-6,8,11H2,1-4H3,(H,16,17). The van der Waals surface area contributed by atoms with Crippen LogP contribution < -0.4 is 5.32 Å². The first kappa shape index (κ1) is 15.6. The number of nitrogens with zero attached hydrogens (tertiary/aromatic N) is 4. The Bertz CT molecular complexity index is 560. The summed E-state index contributed by atoms with van der Waals surface area (Å²) in [6, 6.07) is 2.38. The van der Waals surface area contributed by atoms with E-state index in [4.69, 9.17) is 4.74 Å². The second-order valence-corrected chi connectivity index (χ2v) is 5.39. The van der Waals surface area contributed by atoms with Crippen LogP contribution in [0.3, 0.4) is 0 Å². The molecule has 0 amide bonds. The van der Waals surface area contributed by atoms with E-state index in [0.717, 1.165) is 31.2 Å². The fourth-order valence-corrected chi connectivity index (χ4v) is 2.46. The van der Waals surface area contributed by atoms with Crippen molar-refractivity contribution in [3.63, 3.8) is 0 Å². The van der Waals surface area contributed by atoms with Crippen LogP contribution in [0.5, 0.6) is 0 Å². The number of aromatic nitrogens is 4. The van der Waals surface area contributed by atoms with Crippen LogP contribution >= 0.6 is 0 Å². The van der Waals surface area contributed by atoms with E-state index in [1.807, 2.05) is 19.3 Å². The molecule has 0 bridgehead atoms. The van der Waals surface area contributed by atoms with Gasteiger partial charge in [-0.05, 0) is 33.3 Å². The number of anilines is 1. The molecule has 0 spiro atoms. The average Bonchev–Trinajstić information content (AvgIpc) is 3.02. The predicted molar refractivity (Wildman–Crippen MR) is 83.6 cm³/mol. The highest BCUT2D eigenvalue weighted by molar-refractivity contribution is 5.26. The Morgan fingerprint density at radius 3 is 2.86 bits per heavy atom. The molecule has 6 nitrogen and oxygen atoms in total. The highest BCUT2D eigenvalue weighted by atomic mass is 16.5. The van der Waals surface area contributed by atoms with Gasteiger partial charge in [-0.1, -0.05) is 0 Å². The fourth-order valence-electron chi connectivity index (χ4n) is 2.46. The smallest absolute Gasteiger partial charge is 0.203 e. The minimum absolute atomic E-state index is 0.274. The SMILES string of the molecule is COCC(C)n1ccnc1NCCCn1nc(C)cc1C. The highest BCUT2D eigenvalue weighted by Gasteiger charge is 2.09. The summed E-state index contributed by atoms with van der Waals surface area (Å²) in [5, 5.41) is 7.85. The van der Waals surface area contributed by atoms with Crippen molar-refractivity contribution >= 4 is 5.95 Å². The Balaban J connectivity index is 1.81. The number of rotatable bonds is 8. The molecule has 0 saturated carbocycles. The lowest BCUT2D eigenvalue weighted by molar-refractivity contribution is 0.163. The van der Waals surface area contributed by atoms with Gasteiger partial charge in [-0.15, -0.1) is 0 Å². The van der Waals surface area contributed by atoms with Gasteiger partial charge in [-0.2, -0.15) is 5.10 Å². The van der Waals surface area contributed by atoms with Crippen molar-refractivity contribution in [3.05, 3.63) is 29.8 Å². The van der Waals surface area contributed by atoms with Crippen LogP contribution in [0.1, 0.15) is 30.8 Å². The molecule has 0 saturated heterocycles. The molecule has 1 atom stereocenters. The van der Waals surface area contributed by atoms with Crippen molar-refractivity contribution in [1.82, 2.24) is 19.3 Å². The van der Waals surface area contributed by atoms with Crippen molar-refractivity contribution in [2.45, 2.75) is 39.8 Å². The molecule has 2 aromatic heterocycles. The van der Waals surface area contributed by atoms with Crippen molar-refractivity contribution < 1.29 is 4.74 Å². The Kier molecular flexibility index (Phi) is 5.38. The first-order valence-corrected chi connectivity index (χ1v) is 7.38. The molecule has 2 heterocycles. The summed E-state index contributed by atoms with van der Waals surface area (Å²) in [7, 11) is 1.72. The average molecular weight is 291 g/mol. The predicted octanol–water partition coefficient (Wildman–Crippen LogP) is 2.41. The third kappa shape index (κ3) is 4.07. The van der Waals surface area contributed by atoms with Crippen LogP contribution in [-0.4, -0.2) is 39.6 Å². The molecule has 0 aromatic carbocycles. The Morgan fingerprint density at radius 1 is 1.38 bits per heavy atom. The molecule has 116 valence electrons. The van der Waals surface area contributed by atoms with Crippen molar-refractivity contribution in [3.8, 4) is 0 Å². The van der Waals surface area contributed by atoms with Crippen LogP contribution in [0.2, 0.25) is 0 Å². The van der Waals surface area contributed by atoms with Crippen molar-refractivity contribution in [2.75, 3.05) is 25.6 Å². The van der Waals surface area contributed by atoms with Gasteiger partial charge in [-0.3, -0.25) is 4.68 Å². The fraction of sp³-hybridized carbons (Fsp3) is 0.600. The summed E-state index contributed by atoms with van der Waals surface area (Å²) < 4.78 is 9.35. The molecule has 1 N–H and O–H groups in total. The van der Waals surface area contributed by atoms with E-state index in [0.29, 0.717) is 6.61 Å². The van der Waals surface area contributed by atoms with E-state index in [9.17, 15) is 0 Å². The molecule has 6 heteroatoms. The summed E-state index contributed by atoms with van der Waals surface area (Å²) in [5.41, 5.74) is 2.28. The number of aryl methyl sites for hydroxylation is 3. The summed E-state index contributed by atoms with van der Waals surface area (Å²) >= 11 is 0. The molecule has 0 fully saturated rings. The quantitative estimate of drug-likeness (QED) is 0.759. The van der Waals surface area contributed by atoms with Gasteiger partial charge in [0.15, 0.2) is 0 Å². The molecule has 0 aliphatic heterocycles. The Labute approximate surface area is 126 Å². The van der Waals surface area contributed by atoms with E-state index >= 15 is 0 Å². The molecule has 2 rings (SSSR count). The zero-order chi connectivity index (χ0) is 15.2. The highest BCUT2D eigenvalue weighted by Crippen LogP contribution is 2.13. The number of imidazole rings is 1. The topological polar surface area (TPSA) is 56.9 Å². The zero-order valence-electron chi connectivity index (χ0n) is 13.3. The number of ether oxygens (including phenoxy) is 1. The molecule has 0 radical (unpaired) electrons. The number of methoxy groups -OCH3 is 1. The second-order valence-electron chi connectivity index (χ2n) is 5.39. The van der Waals surface area contributed by atoms with E-state index < -0.39 is 0 Å². The minimum Gasteiger partial charge on any atom is -0.383 e. The van der Waals surface area contributed by atoms with E-state index in [1.165, 1.54) is 5.69 Å². The lowest BCUT2D eigenvalue weighted by atomic mass is 10.3. The molecule has 0 aliphatic carbocycles. The van der Waals surface area contributed by atoms with Crippen LogP contribution in [0.25, 0.3) is 0 Å². The van der Waals surface area contributed by atoms with Crippen LogP contribution in [0.4, 0.5) is 5.95 Å². The first-order valence-electron chi connectivity index (χ1n) is 7.38. The third-order valence-electron chi connectivity index (χ3n) is 3.48. The summed E-state index contributed by atoms with van der Waals surface area (Å²) in [5.74, 6) is 0.896. The van der Waals surface area contributed by atoms with Crippen LogP contribution in [0.15, 0.2) is 18.5 Å². The van der Waals surface area contributed by atoms with E-state index in [-0.39, 0.29) is 6.04 Å². The molecule has 2 aromatic rings. The molecular weight excluding hydrogens is 266 g/mol. The second kappa shape index (κ2) is 7.26. The Morgan fingerprint density at radius 2 is 2.19 bits per heavy atom. The summed E-state index contributed by atoms with van der Waals surface area (Å²) in [4.78, 5) is 4.36. The normalized spacial score (nSPS) is 12.6. The van der Waals surface area contributed by atoms with Gasteiger partial charge >= 0.3 is 0 Å². The van der Waals surface area contributed by atoms with Gasteiger partial charge in [0.05, 0.1) is 18.3 Å². The maximum atomic E-state index is 5.19. The van der Waals surface area contributed by atoms with E-state index in [2.05, 4.69) is 44.6 Å². The van der Waals surface area contributed by atoms with E-state index in [1.54, 1.807) is 7.11 Å². The van der Waals surface area contributed by atoms with Crippen molar-refractivity contribution in [1.29, 1.82) is 0 Å². The van der Waals surface area contributed by atoms with Gasteiger partial charge < -0.3 is 14.6 Å². The van der Waals surface area contributed by atoms with Crippen LogP contribution in [0, 0.1) is 13.8 Å². The molecule has 1 unspecified atom stereocenters. The van der Waals surface area contributed by atoms with Gasteiger partial charge in [-0.25, -0.2) is 4.98 Å².